The number of likely N-dealkylation sites (tertiary alicyclic amines) is 1. The number of carbonyl (C=O) groups excluding carboxylic acids is 1. The number of hydrogen-bond acceptors (Lipinski definition) is 1. The van der Waals surface area contributed by atoms with Gasteiger partial charge in [-0.05, 0) is 30.9 Å². The van der Waals surface area contributed by atoms with E-state index in [2.05, 4.69) is 0 Å². The minimum Gasteiger partial charge on any atom is -0.335 e. The van der Waals surface area contributed by atoms with Crippen LogP contribution >= 0.6 is 0 Å². The zero-order valence-electron chi connectivity index (χ0n) is 10.9. The average Bonchev–Trinajstić information content (AvgIpc) is 2.83. The van der Waals surface area contributed by atoms with Crippen LogP contribution in [0.4, 0.5) is 13.2 Å². The molecule has 1 aliphatic rings. The summed E-state index contributed by atoms with van der Waals surface area (Å²) in [4.78, 5) is 13.9. The van der Waals surface area contributed by atoms with Crippen LogP contribution in [-0.2, 0) is 0 Å². The lowest BCUT2D eigenvalue weighted by atomic mass is 10.0. The molecular weight excluding hydrogens is 255 g/mol. The number of nitrogens with zero attached hydrogens (tertiary/aromatic N) is 1. The van der Waals surface area contributed by atoms with E-state index in [0.29, 0.717) is 6.54 Å². The Morgan fingerprint density at radius 3 is 2.37 bits per heavy atom. The number of halogens is 3. The van der Waals surface area contributed by atoms with Gasteiger partial charge in [0, 0.05) is 18.2 Å². The third-order valence-corrected chi connectivity index (χ3v) is 3.56. The molecule has 5 heteroatoms. The second-order valence-electron chi connectivity index (χ2n) is 5.21. The summed E-state index contributed by atoms with van der Waals surface area (Å²) < 4.78 is 39.2. The van der Waals surface area contributed by atoms with Crippen LogP contribution in [0, 0.1) is 23.4 Å². The van der Waals surface area contributed by atoms with E-state index in [4.69, 9.17) is 0 Å². The Hall–Kier alpha value is -1.52. The van der Waals surface area contributed by atoms with Crippen LogP contribution in [0.25, 0.3) is 0 Å². The molecule has 0 N–H and O–H groups in total. The summed E-state index contributed by atoms with van der Waals surface area (Å²) in [6, 6.07) is 1.59. The van der Waals surface area contributed by atoms with Crippen molar-refractivity contribution < 1.29 is 18.0 Å². The van der Waals surface area contributed by atoms with Crippen molar-refractivity contribution in [1.29, 1.82) is 0 Å². The summed E-state index contributed by atoms with van der Waals surface area (Å²) in [5.41, 5.74) is -0.135. The van der Waals surface area contributed by atoms with Gasteiger partial charge in [0.05, 0.1) is 0 Å². The summed E-state index contributed by atoms with van der Waals surface area (Å²) in [5, 5.41) is 0. The Kier molecular flexibility index (Phi) is 3.83. The van der Waals surface area contributed by atoms with E-state index in [9.17, 15) is 18.0 Å². The summed E-state index contributed by atoms with van der Waals surface area (Å²) in [5.74, 6) is -4.36. The van der Waals surface area contributed by atoms with Gasteiger partial charge in [0.15, 0.2) is 17.5 Å². The van der Waals surface area contributed by atoms with Crippen LogP contribution < -0.4 is 0 Å². The topological polar surface area (TPSA) is 20.3 Å². The fraction of sp³-hybridized carbons (Fsp3) is 0.500. The van der Waals surface area contributed by atoms with E-state index in [-0.39, 0.29) is 17.5 Å². The highest BCUT2D eigenvalue weighted by atomic mass is 19.2. The molecule has 1 aliphatic heterocycles. The van der Waals surface area contributed by atoms with Gasteiger partial charge in [-0.3, -0.25) is 4.79 Å². The molecule has 1 aromatic rings. The molecule has 1 unspecified atom stereocenters. The van der Waals surface area contributed by atoms with E-state index in [1.54, 1.807) is 4.90 Å². The van der Waals surface area contributed by atoms with Gasteiger partial charge in [-0.25, -0.2) is 13.2 Å². The maximum atomic E-state index is 13.2. The predicted molar refractivity (Wildman–Crippen MR) is 65.2 cm³/mol. The molecule has 0 aliphatic carbocycles. The first-order valence-electron chi connectivity index (χ1n) is 6.37. The van der Waals surface area contributed by atoms with Crippen molar-refractivity contribution in [1.82, 2.24) is 4.90 Å². The Bertz CT molecular complexity index is 478. The fourth-order valence-electron chi connectivity index (χ4n) is 2.58. The predicted octanol–water partition coefficient (Wildman–Crippen LogP) is 3.36. The molecule has 0 saturated carbocycles. The van der Waals surface area contributed by atoms with Gasteiger partial charge in [-0.1, -0.05) is 13.8 Å². The fourth-order valence-corrected chi connectivity index (χ4v) is 2.58. The summed E-state index contributed by atoms with van der Waals surface area (Å²) in [7, 11) is 0. The van der Waals surface area contributed by atoms with E-state index >= 15 is 0 Å². The lowest BCUT2D eigenvalue weighted by Crippen LogP contribution is -2.38. The van der Waals surface area contributed by atoms with Crippen molar-refractivity contribution in [3.8, 4) is 0 Å². The van der Waals surface area contributed by atoms with Crippen LogP contribution in [0.2, 0.25) is 0 Å². The second-order valence-corrected chi connectivity index (χ2v) is 5.21. The molecule has 1 fully saturated rings. The molecule has 0 spiro atoms. The molecule has 1 atom stereocenters. The van der Waals surface area contributed by atoms with Gasteiger partial charge < -0.3 is 4.90 Å². The SMILES string of the molecule is CC(C)C1CCCN1C(=O)c1cc(F)c(F)c(F)c1. The van der Waals surface area contributed by atoms with Crippen LogP contribution in [0.5, 0.6) is 0 Å². The lowest BCUT2D eigenvalue weighted by molar-refractivity contribution is 0.0700. The Labute approximate surface area is 110 Å². The first kappa shape index (κ1) is 13.9. The van der Waals surface area contributed by atoms with Crippen molar-refractivity contribution in [2.45, 2.75) is 32.7 Å². The number of hydrogen-bond donors (Lipinski definition) is 0. The van der Waals surface area contributed by atoms with Crippen molar-refractivity contribution in [2.75, 3.05) is 6.54 Å². The first-order valence-corrected chi connectivity index (χ1v) is 6.37. The molecule has 2 rings (SSSR count). The quantitative estimate of drug-likeness (QED) is 0.755. The molecule has 2 nitrogen and oxygen atoms in total. The van der Waals surface area contributed by atoms with E-state index in [1.807, 2.05) is 13.8 Å². The molecule has 1 amide bonds. The van der Waals surface area contributed by atoms with E-state index < -0.39 is 23.4 Å². The average molecular weight is 271 g/mol. The number of rotatable bonds is 2. The molecular formula is C14H16F3NO. The molecule has 0 radical (unpaired) electrons. The van der Waals surface area contributed by atoms with Gasteiger partial charge >= 0.3 is 0 Å². The number of carbonyl (C=O) groups is 1. The van der Waals surface area contributed by atoms with Gasteiger partial charge in [-0.15, -0.1) is 0 Å². The first-order chi connectivity index (χ1) is 8.91. The molecule has 1 saturated heterocycles. The molecule has 0 bridgehead atoms. The Morgan fingerprint density at radius 1 is 1.26 bits per heavy atom. The molecule has 104 valence electrons. The van der Waals surface area contributed by atoms with E-state index in [0.717, 1.165) is 25.0 Å². The molecule has 1 aromatic carbocycles. The highest BCUT2D eigenvalue weighted by molar-refractivity contribution is 5.94. The minimum atomic E-state index is -1.54. The Balaban J connectivity index is 2.29. The summed E-state index contributed by atoms with van der Waals surface area (Å²) in [6.07, 6.45) is 1.76. The zero-order valence-corrected chi connectivity index (χ0v) is 10.9. The maximum Gasteiger partial charge on any atom is 0.254 e. The van der Waals surface area contributed by atoms with Crippen molar-refractivity contribution in [2.24, 2.45) is 5.92 Å². The number of amides is 1. The van der Waals surface area contributed by atoms with Crippen molar-refractivity contribution in [3.05, 3.63) is 35.1 Å². The third kappa shape index (κ3) is 2.60. The second kappa shape index (κ2) is 5.23. The van der Waals surface area contributed by atoms with Crippen molar-refractivity contribution in [3.63, 3.8) is 0 Å². The standard InChI is InChI=1S/C14H16F3NO/c1-8(2)12-4-3-5-18(12)14(19)9-6-10(15)13(17)11(16)7-9/h6-8,12H,3-5H2,1-2H3. The molecule has 0 aromatic heterocycles. The normalized spacial score (nSPS) is 19.3. The van der Waals surface area contributed by atoms with E-state index in [1.165, 1.54) is 0 Å². The minimum absolute atomic E-state index is 0.0728. The van der Waals surface area contributed by atoms with Gasteiger partial charge in [-0.2, -0.15) is 0 Å². The maximum absolute atomic E-state index is 13.2. The zero-order chi connectivity index (χ0) is 14.2. The third-order valence-electron chi connectivity index (χ3n) is 3.56. The van der Waals surface area contributed by atoms with Crippen molar-refractivity contribution >= 4 is 5.91 Å². The van der Waals surface area contributed by atoms with Gasteiger partial charge in [0.25, 0.3) is 5.91 Å². The Morgan fingerprint density at radius 2 is 1.84 bits per heavy atom. The summed E-state index contributed by atoms with van der Waals surface area (Å²) >= 11 is 0. The van der Waals surface area contributed by atoms with Gasteiger partial charge in [0.1, 0.15) is 0 Å². The molecule has 1 heterocycles. The lowest BCUT2D eigenvalue weighted by Gasteiger charge is -2.27. The van der Waals surface area contributed by atoms with Crippen LogP contribution in [0.3, 0.4) is 0 Å². The largest absolute Gasteiger partial charge is 0.335 e. The highest BCUT2D eigenvalue weighted by Gasteiger charge is 2.32. The van der Waals surface area contributed by atoms with Crippen LogP contribution in [-0.4, -0.2) is 23.4 Å². The monoisotopic (exact) mass is 271 g/mol. The highest BCUT2D eigenvalue weighted by Crippen LogP contribution is 2.26. The van der Waals surface area contributed by atoms with Gasteiger partial charge in [0.2, 0.25) is 0 Å². The van der Waals surface area contributed by atoms with Crippen LogP contribution in [0.1, 0.15) is 37.0 Å². The van der Waals surface area contributed by atoms with Crippen LogP contribution in [0.15, 0.2) is 12.1 Å². The number of benzene rings is 1. The summed E-state index contributed by atoms with van der Waals surface area (Å²) in [6.45, 7) is 4.58. The smallest absolute Gasteiger partial charge is 0.254 e. The molecule has 19 heavy (non-hydrogen) atoms.